The summed E-state index contributed by atoms with van der Waals surface area (Å²) in [6.45, 7) is 0.435. The summed E-state index contributed by atoms with van der Waals surface area (Å²) in [6, 6.07) is 10.5. The number of ether oxygens (including phenoxy) is 1. The number of fused-ring (bicyclic) bond motifs is 1. The number of imidazole rings is 1. The van der Waals surface area contributed by atoms with Crippen LogP contribution in [0.25, 0.3) is 16.7 Å². The molecule has 0 aliphatic carbocycles. The first-order chi connectivity index (χ1) is 10.1. The third-order valence-corrected chi connectivity index (χ3v) is 3.54. The fourth-order valence-electron chi connectivity index (χ4n) is 2.35. The van der Waals surface area contributed by atoms with Crippen LogP contribution in [0.4, 0.5) is 10.3 Å². The third-order valence-electron chi connectivity index (χ3n) is 3.25. The van der Waals surface area contributed by atoms with Crippen LogP contribution in [0.3, 0.4) is 0 Å². The van der Waals surface area contributed by atoms with E-state index in [1.807, 2.05) is 24.3 Å². The van der Waals surface area contributed by atoms with E-state index in [2.05, 4.69) is 4.98 Å². The molecule has 0 radical (unpaired) electrons. The Kier molecular flexibility index (Phi) is 3.53. The van der Waals surface area contributed by atoms with Crippen molar-refractivity contribution in [3.05, 3.63) is 52.8 Å². The summed E-state index contributed by atoms with van der Waals surface area (Å²) in [7, 11) is 1.62. The van der Waals surface area contributed by atoms with Crippen LogP contribution in [-0.2, 0) is 11.3 Å². The lowest BCUT2D eigenvalue weighted by atomic mass is 10.2. The van der Waals surface area contributed by atoms with Crippen LogP contribution < -0.4 is 5.73 Å². The molecular weight excluding hydrogens is 293 g/mol. The molecule has 0 spiro atoms. The maximum Gasteiger partial charge on any atom is 0.205 e. The second-order valence-corrected chi connectivity index (χ2v) is 5.03. The summed E-state index contributed by atoms with van der Waals surface area (Å²) in [5.41, 5.74) is 8.90. The molecule has 0 unspecified atom stereocenters. The molecule has 6 heteroatoms. The van der Waals surface area contributed by atoms with Gasteiger partial charge < -0.3 is 10.5 Å². The third kappa shape index (κ3) is 2.34. The number of benzene rings is 2. The zero-order chi connectivity index (χ0) is 15.0. The van der Waals surface area contributed by atoms with Gasteiger partial charge in [-0.25, -0.2) is 9.37 Å². The minimum Gasteiger partial charge on any atom is -0.380 e. The number of hydrogen-bond donors (Lipinski definition) is 1. The number of anilines is 1. The highest BCUT2D eigenvalue weighted by molar-refractivity contribution is 6.31. The largest absolute Gasteiger partial charge is 0.380 e. The van der Waals surface area contributed by atoms with Crippen LogP contribution in [0.1, 0.15) is 5.56 Å². The monoisotopic (exact) mass is 305 g/mol. The first kappa shape index (κ1) is 13.9. The normalized spacial score (nSPS) is 11.2. The highest BCUT2D eigenvalue weighted by atomic mass is 35.5. The molecule has 0 saturated carbocycles. The van der Waals surface area contributed by atoms with Gasteiger partial charge in [0.25, 0.3) is 0 Å². The summed E-state index contributed by atoms with van der Waals surface area (Å²) in [5, 5.41) is 0.0351. The van der Waals surface area contributed by atoms with Crippen molar-refractivity contribution in [1.29, 1.82) is 0 Å². The fourth-order valence-corrected chi connectivity index (χ4v) is 2.51. The van der Waals surface area contributed by atoms with E-state index < -0.39 is 5.82 Å². The van der Waals surface area contributed by atoms with Gasteiger partial charge >= 0.3 is 0 Å². The topological polar surface area (TPSA) is 53.1 Å². The van der Waals surface area contributed by atoms with Crippen LogP contribution >= 0.6 is 11.6 Å². The molecule has 21 heavy (non-hydrogen) atoms. The van der Waals surface area contributed by atoms with E-state index >= 15 is 0 Å². The first-order valence-corrected chi connectivity index (χ1v) is 6.70. The van der Waals surface area contributed by atoms with Crippen LogP contribution in [0.5, 0.6) is 0 Å². The SMILES string of the molecule is COCc1ccccc1-n1c(N)nc2cc(F)c(Cl)cc21. The van der Waals surface area contributed by atoms with Gasteiger partial charge in [-0.2, -0.15) is 0 Å². The summed E-state index contributed by atoms with van der Waals surface area (Å²) < 4.78 is 20.5. The molecule has 0 fully saturated rings. The average molecular weight is 306 g/mol. The average Bonchev–Trinajstić information content (AvgIpc) is 2.76. The summed E-state index contributed by atoms with van der Waals surface area (Å²) >= 11 is 5.88. The minimum atomic E-state index is -0.515. The Labute approximate surface area is 125 Å². The summed E-state index contributed by atoms with van der Waals surface area (Å²) in [5.74, 6) is -0.241. The molecule has 0 amide bonds. The van der Waals surface area contributed by atoms with Gasteiger partial charge in [0, 0.05) is 18.7 Å². The van der Waals surface area contributed by atoms with Gasteiger partial charge in [0.05, 0.1) is 28.4 Å². The Bertz CT molecular complexity index is 816. The molecule has 1 heterocycles. The molecule has 108 valence electrons. The Balaban J connectivity index is 2.30. The molecular formula is C15H13ClFN3O. The molecule has 2 N–H and O–H groups in total. The predicted molar refractivity (Wildman–Crippen MR) is 81.2 cm³/mol. The van der Waals surface area contributed by atoms with Crippen molar-refractivity contribution in [3.63, 3.8) is 0 Å². The number of aromatic nitrogens is 2. The maximum atomic E-state index is 13.6. The fraction of sp³-hybridized carbons (Fsp3) is 0.133. The maximum absolute atomic E-state index is 13.6. The minimum absolute atomic E-state index is 0.0351. The van der Waals surface area contributed by atoms with E-state index in [9.17, 15) is 4.39 Å². The van der Waals surface area contributed by atoms with Crippen LogP contribution in [0.2, 0.25) is 5.02 Å². The number of methoxy groups -OCH3 is 1. The molecule has 3 rings (SSSR count). The van der Waals surface area contributed by atoms with Crippen molar-refractivity contribution < 1.29 is 9.13 Å². The summed E-state index contributed by atoms with van der Waals surface area (Å²) in [6.07, 6.45) is 0. The van der Waals surface area contributed by atoms with Crippen molar-refractivity contribution in [1.82, 2.24) is 9.55 Å². The number of hydrogen-bond acceptors (Lipinski definition) is 3. The smallest absolute Gasteiger partial charge is 0.205 e. The molecule has 0 aliphatic heterocycles. The van der Waals surface area contributed by atoms with E-state index in [1.165, 1.54) is 12.1 Å². The van der Waals surface area contributed by atoms with Gasteiger partial charge in [0.15, 0.2) is 0 Å². The number of nitrogens with two attached hydrogens (primary N) is 1. The molecule has 1 aromatic heterocycles. The second kappa shape index (κ2) is 5.35. The number of nitrogen functional groups attached to an aromatic ring is 1. The molecule has 0 aliphatic rings. The van der Waals surface area contributed by atoms with Crippen molar-refractivity contribution >= 4 is 28.6 Å². The standard InChI is InChI=1S/C15H13ClFN3O/c1-21-8-9-4-2-3-5-13(9)20-14-6-10(16)11(17)7-12(14)19-15(20)18/h2-7H,8H2,1H3,(H2,18,19). The van der Waals surface area contributed by atoms with Crippen LogP contribution in [0.15, 0.2) is 36.4 Å². The van der Waals surface area contributed by atoms with Gasteiger partial charge in [-0.05, 0) is 12.1 Å². The van der Waals surface area contributed by atoms with Crippen LogP contribution in [-0.4, -0.2) is 16.7 Å². The van der Waals surface area contributed by atoms with E-state index in [4.69, 9.17) is 22.1 Å². The number of para-hydroxylation sites is 1. The number of halogens is 2. The van der Waals surface area contributed by atoms with Gasteiger partial charge in [0.1, 0.15) is 5.82 Å². The molecule has 4 nitrogen and oxygen atoms in total. The van der Waals surface area contributed by atoms with Crippen LogP contribution in [0, 0.1) is 5.82 Å². The zero-order valence-electron chi connectivity index (χ0n) is 11.3. The zero-order valence-corrected chi connectivity index (χ0v) is 12.1. The van der Waals surface area contributed by atoms with Crippen molar-refractivity contribution in [2.24, 2.45) is 0 Å². The lowest BCUT2D eigenvalue weighted by Crippen LogP contribution is -2.04. The molecule has 0 bridgehead atoms. The first-order valence-electron chi connectivity index (χ1n) is 6.32. The molecule has 3 aromatic rings. The summed E-state index contributed by atoms with van der Waals surface area (Å²) in [4.78, 5) is 4.19. The van der Waals surface area contributed by atoms with Gasteiger partial charge in [-0.15, -0.1) is 0 Å². The van der Waals surface area contributed by atoms with Crippen molar-refractivity contribution in [2.75, 3.05) is 12.8 Å². The number of rotatable bonds is 3. The second-order valence-electron chi connectivity index (χ2n) is 4.62. The highest BCUT2D eigenvalue weighted by Crippen LogP contribution is 2.29. The van der Waals surface area contributed by atoms with Crippen molar-refractivity contribution in [3.8, 4) is 5.69 Å². The quantitative estimate of drug-likeness (QED) is 0.805. The lowest BCUT2D eigenvalue weighted by Gasteiger charge is -2.12. The van der Waals surface area contributed by atoms with E-state index in [1.54, 1.807) is 11.7 Å². The number of nitrogens with zero attached hydrogens (tertiary/aromatic N) is 2. The Morgan fingerprint density at radius 1 is 1.33 bits per heavy atom. The Hall–Kier alpha value is -2.11. The Morgan fingerprint density at radius 3 is 2.86 bits per heavy atom. The molecule has 0 saturated heterocycles. The van der Waals surface area contributed by atoms with E-state index in [-0.39, 0.29) is 11.0 Å². The predicted octanol–water partition coefficient (Wildman–Crippen LogP) is 3.55. The van der Waals surface area contributed by atoms with Gasteiger partial charge in [-0.1, -0.05) is 29.8 Å². The van der Waals surface area contributed by atoms with Gasteiger partial charge in [0.2, 0.25) is 5.95 Å². The highest BCUT2D eigenvalue weighted by Gasteiger charge is 2.15. The molecule has 2 aromatic carbocycles. The van der Waals surface area contributed by atoms with E-state index in [0.29, 0.717) is 17.6 Å². The molecule has 0 atom stereocenters. The Morgan fingerprint density at radius 2 is 2.10 bits per heavy atom. The van der Waals surface area contributed by atoms with Crippen molar-refractivity contribution in [2.45, 2.75) is 6.61 Å². The lowest BCUT2D eigenvalue weighted by molar-refractivity contribution is 0.185. The van der Waals surface area contributed by atoms with E-state index in [0.717, 1.165) is 11.3 Å². The van der Waals surface area contributed by atoms with Gasteiger partial charge in [-0.3, -0.25) is 4.57 Å².